The number of imide groups is 1. The van der Waals surface area contributed by atoms with Gasteiger partial charge in [-0.3, -0.25) is 24.6 Å². The van der Waals surface area contributed by atoms with E-state index in [0.717, 1.165) is 43.4 Å². The van der Waals surface area contributed by atoms with Crippen LogP contribution in [0.25, 0.3) is 5.57 Å². The van der Waals surface area contributed by atoms with E-state index in [1.165, 1.54) is 40.9 Å². The van der Waals surface area contributed by atoms with Crippen molar-refractivity contribution in [1.82, 2.24) is 4.90 Å². The summed E-state index contributed by atoms with van der Waals surface area (Å²) in [4.78, 5) is 40.0. The largest absolute Gasteiger partial charge is 0.271 e. The summed E-state index contributed by atoms with van der Waals surface area (Å²) in [5.41, 5.74) is 0.759. The molecule has 0 aromatic heterocycles. The first kappa shape index (κ1) is 21.6. The van der Waals surface area contributed by atoms with Crippen molar-refractivity contribution in [3.8, 4) is 0 Å². The van der Waals surface area contributed by atoms with Crippen LogP contribution in [-0.2, 0) is 9.59 Å². The predicted octanol–water partition coefficient (Wildman–Crippen LogP) is 5.84. The smallest absolute Gasteiger partial charge is 0.269 e. The van der Waals surface area contributed by atoms with Gasteiger partial charge in [-0.05, 0) is 54.8 Å². The molecular weight excluding hydrogens is 436 g/mol. The summed E-state index contributed by atoms with van der Waals surface area (Å²) in [7, 11) is 0. The second kappa shape index (κ2) is 9.24. The van der Waals surface area contributed by atoms with E-state index in [1.807, 2.05) is 0 Å². The number of thioether (sulfide) groups is 1. The molecule has 2 amide bonds. The standard InChI is InChI=1S/C23H21ClN2O4S/c24-16-9-13-19(14-10-16)31-21-20(15-7-11-18(12-8-15)26(29)30)22(27)25(23(21)28)17-5-3-1-2-4-6-17/h7-14,17H,1-6H2. The Kier molecular flexibility index (Phi) is 6.43. The van der Waals surface area contributed by atoms with E-state index in [0.29, 0.717) is 21.1 Å². The quantitative estimate of drug-likeness (QED) is 0.244. The topological polar surface area (TPSA) is 80.5 Å². The van der Waals surface area contributed by atoms with E-state index in [4.69, 9.17) is 11.6 Å². The molecule has 0 bridgehead atoms. The maximum Gasteiger partial charge on any atom is 0.269 e. The summed E-state index contributed by atoms with van der Waals surface area (Å²) in [5.74, 6) is -0.604. The van der Waals surface area contributed by atoms with Gasteiger partial charge in [0.05, 0.1) is 15.4 Å². The van der Waals surface area contributed by atoms with E-state index in [9.17, 15) is 19.7 Å². The van der Waals surface area contributed by atoms with Gasteiger partial charge in [-0.1, -0.05) is 49.0 Å². The Labute approximate surface area is 189 Å². The number of non-ortho nitro benzene ring substituents is 1. The van der Waals surface area contributed by atoms with Crippen LogP contribution in [0.3, 0.4) is 0 Å². The highest BCUT2D eigenvalue weighted by molar-refractivity contribution is 8.04. The molecule has 1 aliphatic heterocycles. The summed E-state index contributed by atoms with van der Waals surface area (Å²) < 4.78 is 0. The van der Waals surface area contributed by atoms with Gasteiger partial charge < -0.3 is 0 Å². The molecule has 2 aliphatic rings. The minimum absolute atomic E-state index is 0.0614. The average molecular weight is 457 g/mol. The molecule has 1 saturated carbocycles. The lowest BCUT2D eigenvalue weighted by Crippen LogP contribution is -2.40. The zero-order valence-electron chi connectivity index (χ0n) is 16.8. The van der Waals surface area contributed by atoms with Crippen LogP contribution in [0.1, 0.15) is 44.1 Å². The van der Waals surface area contributed by atoms with Crippen molar-refractivity contribution in [2.24, 2.45) is 0 Å². The van der Waals surface area contributed by atoms with E-state index in [2.05, 4.69) is 0 Å². The molecule has 0 unspecified atom stereocenters. The van der Waals surface area contributed by atoms with Crippen LogP contribution in [0.5, 0.6) is 0 Å². The SMILES string of the molecule is O=C1C(Sc2ccc(Cl)cc2)=C(c2ccc([N+](=O)[O-])cc2)C(=O)N1C1CCCCCC1. The molecule has 1 aliphatic carbocycles. The van der Waals surface area contributed by atoms with Crippen LogP contribution in [0.15, 0.2) is 58.3 Å². The van der Waals surface area contributed by atoms with Crippen molar-refractivity contribution in [1.29, 1.82) is 0 Å². The fraction of sp³-hybridized carbons (Fsp3) is 0.304. The number of rotatable bonds is 5. The lowest BCUT2D eigenvalue weighted by Gasteiger charge is -2.25. The molecule has 0 N–H and O–H groups in total. The Hall–Kier alpha value is -2.64. The van der Waals surface area contributed by atoms with Crippen molar-refractivity contribution in [2.45, 2.75) is 49.5 Å². The van der Waals surface area contributed by atoms with Gasteiger partial charge in [0, 0.05) is 28.1 Å². The van der Waals surface area contributed by atoms with Crippen LogP contribution in [-0.4, -0.2) is 27.7 Å². The van der Waals surface area contributed by atoms with E-state index >= 15 is 0 Å². The molecule has 0 radical (unpaired) electrons. The number of nitrogens with zero attached hydrogens (tertiary/aromatic N) is 2. The van der Waals surface area contributed by atoms with Crippen molar-refractivity contribution in [3.63, 3.8) is 0 Å². The number of hydrogen-bond acceptors (Lipinski definition) is 5. The molecule has 2 aromatic rings. The Morgan fingerprint density at radius 2 is 1.52 bits per heavy atom. The lowest BCUT2D eigenvalue weighted by atomic mass is 10.0. The molecule has 0 spiro atoms. The molecule has 31 heavy (non-hydrogen) atoms. The Morgan fingerprint density at radius 1 is 0.903 bits per heavy atom. The fourth-order valence-corrected chi connectivity index (χ4v) is 5.22. The summed E-state index contributed by atoms with van der Waals surface area (Å²) in [6.07, 6.45) is 5.83. The average Bonchev–Trinajstić information content (AvgIpc) is 2.93. The normalized spacial score (nSPS) is 17.9. The number of carbonyl (C=O) groups is 2. The van der Waals surface area contributed by atoms with Crippen molar-refractivity contribution in [3.05, 3.63) is 74.1 Å². The Bertz CT molecular complexity index is 1040. The summed E-state index contributed by atoms with van der Waals surface area (Å²) in [6.45, 7) is 0. The molecule has 1 fully saturated rings. The monoisotopic (exact) mass is 456 g/mol. The minimum atomic E-state index is -0.485. The second-order valence-corrected chi connectivity index (χ2v) is 9.21. The summed E-state index contributed by atoms with van der Waals surface area (Å²) >= 11 is 7.21. The maximum absolute atomic E-state index is 13.5. The first-order valence-corrected chi connectivity index (χ1v) is 11.5. The van der Waals surface area contributed by atoms with Gasteiger partial charge in [0.1, 0.15) is 0 Å². The van der Waals surface area contributed by atoms with Gasteiger partial charge in [0.15, 0.2) is 0 Å². The minimum Gasteiger partial charge on any atom is -0.271 e. The number of nitro benzene ring substituents is 1. The van der Waals surface area contributed by atoms with Crippen molar-refractivity contribution < 1.29 is 14.5 Å². The highest BCUT2D eigenvalue weighted by atomic mass is 35.5. The second-order valence-electron chi connectivity index (χ2n) is 7.69. The van der Waals surface area contributed by atoms with E-state index < -0.39 is 4.92 Å². The zero-order chi connectivity index (χ0) is 22.0. The molecule has 6 nitrogen and oxygen atoms in total. The molecule has 8 heteroatoms. The molecule has 1 heterocycles. The first-order valence-electron chi connectivity index (χ1n) is 10.3. The predicted molar refractivity (Wildman–Crippen MR) is 121 cm³/mol. The highest BCUT2D eigenvalue weighted by Gasteiger charge is 2.43. The van der Waals surface area contributed by atoms with E-state index in [1.54, 1.807) is 24.3 Å². The van der Waals surface area contributed by atoms with Crippen LogP contribution < -0.4 is 0 Å². The van der Waals surface area contributed by atoms with Crippen LogP contribution in [0.2, 0.25) is 5.02 Å². The number of amides is 2. The van der Waals surface area contributed by atoms with Gasteiger partial charge in [-0.2, -0.15) is 0 Å². The van der Waals surface area contributed by atoms with Gasteiger partial charge in [0.2, 0.25) is 0 Å². The Balaban J connectivity index is 1.74. The fourth-order valence-electron chi connectivity index (χ4n) is 4.09. The summed E-state index contributed by atoms with van der Waals surface area (Å²) in [5, 5.41) is 11.6. The van der Waals surface area contributed by atoms with Crippen LogP contribution in [0, 0.1) is 10.1 Å². The molecule has 160 valence electrons. The Morgan fingerprint density at radius 3 is 2.10 bits per heavy atom. The number of nitro groups is 1. The number of halogens is 1. The van der Waals surface area contributed by atoms with E-state index in [-0.39, 0.29) is 23.5 Å². The lowest BCUT2D eigenvalue weighted by molar-refractivity contribution is -0.384. The molecule has 4 rings (SSSR count). The molecule has 0 atom stereocenters. The third-order valence-corrected chi connectivity index (χ3v) is 7.01. The molecule has 0 saturated heterocycles. The number of benzene rings is 2. The summed E-state index contributed by atoms with van der Waals surface area (Å²) in [6, 6.07) is 12.8. The molecule has 2 aromatic carbocycles. The maximum atomic E-state index is 13.5. The van der Waals surface area contributed by atoms with Gasteiger partial charge >= 0.3 is 0 Å². The van der Waals surface area contributed by atoms with Crippen molar-refractivity contribution in [2.75, 3.05) is 0 Å². The molecular formula is C23H21ClN2O4S. The third-order valence-electron chi connectivity index (χ3n) is 5.66. The van der Waals surface area contributed by atoms with Gasteiger partial charge in [-0.25, -0.2) is 0 Å². The number of hydrogen-bond donors (Lipinski definition) is 0. The third kappa shape index (κ3) is 4.52. The first-order chi connectivity index (χ1) is 15.0. The van der Waals surface area contributed by atoms with Gasteiger partial charge in [-0.15, -0.1) is 0 Å². The van der Waals surface area contributed by atoms with Crippen LogP contribution >= 0.6 is 23.4 Å². The van der Waals surface area contributed by atoms with Gasteiger partial charge in [0.25, 0.3) is 17.5 Å². The van der Waals surface area contributed by atoms with Crippen molar-refractivity contribution >= 4 is 46.4 Å². The zero-order valence-corrected chi connectivity index (χ0v) is 18.3. The highest BCUT2D eigenvalue weighted by Crippen LogP contribution is 2.42. The number of carbonyl (C=O) groups excluding carboxylic acids is 2. The van der Waals surface area contributed by atoms with Crippen LogP contribution in [0.4, 0.5) is 5.69 Å².